The molecule has 2 aromatic carbocycles. The van der Waals surface area contributed by atoms with Crippen molar-refractivity contribution in [3.63, 3.8) is 0 Å². The molecule has 154 valence electrons. The number of hydrogen-bond acceptors (Lipinski definition) is 4. The molecule has 0 unspecified atom stereocenters. The first-order valence-electron chi connectivity index (χ1n) is 10.0. The highest BCUT2D eigenvalue weighted by Gasteiger charge is 2.40. The van der Waals surface area contributed by atoms with Crippen LogP contribution in [-0.4, -0.2) is 38.3 Å². The number of aryl methyl sites for hydroxylation is 1. The maximum atomic E-state index is 13.1. The van der Waals surface area contributed by atoms with Gasteiger partial charge in [-0.05, 0) is 67.5 Å². The Kier molecular flexibility index (Phi) is 5.61. The predicted molar refractivity (Wildman–Crippen MR) is 110 cm³/mol. The van der Waals surface area contributed by atoms with Crippen LogP contribution in [-0.2, 0) is 21.2 Å². The van der Waals surface area contributed by atoms with Crippen molar-refractivity contribution in [1.29, 1.82) is 0 Å². The Balaban J connectivity index is 1.53. The van der Waals surface area contributed by atoms with Crippen molar-refractivity contribution in [2.24, 2.45) is 0 Å². The number of methoxy groups -OCH3 is 1. The molecule has 0 radical (unpaired) electrons. The maximum absolute atomic E-state index is 13.1. The molecule has 2 atom stereocenters. The third-order valence-corrected chi connectivity index (χ3v) is 7.78. The minimum Gasteiger partial charge on any atom is -0.497 e. The first-order chi connectivity index (χ1) is 14.0. The lowest BCUT2D eigenvalue weighted by atomic mass is 9.87. The van der Waals surface area contributed by atoms with Crippen molar-refractivity contribution in [1.82, 2.24) is 9.62 Å². The van der Waals surface area contributed by atoms with E-state index in [0.29, 0.717) is 25.1 Å². The number of fused-ring (bicyclic) bond motifs is 1. The highest BCUT2D eigenvalue weighted by Crippen LogP contribution is 2.31. The third kappa shape index (κ3) is 3.89. The molecule has 1 amide bonds. The van der Waals surface area contributed by atoms with Gasteiger partial charge >= 0.3 is 0 Å². The second-order valence-electron chi connectivity index (χ2n) is 7.60. The highest BCUT2D eigenvalue weighted by atomic mass is 32.2. The van der Waals surface area contributed by atoms with E-state index in [9.17, 15) is 13.2 Å². The lowest BCUT2D eigenvalue weighted by molar-refractivity contribution is -0.125. The Morgan fingerprint density at radius 2 is 1.83 bits per heavy atom. The second-order valence-corrected chi connectivity index (χ2v) is 9.49. The zero-order valence-corrected chi connectivity index (χ0v) is 17.3. The minimum atomic E-state index is -3.74. The minimum absolute atomic E-state index is 0.0569. The smallest absolute Gasteiger partial charge is 0.243 e. The van der Waals surface area contributed by atoms with Gasteiger partial charge in [-0.25, -0.2) is 8.42 Å². The molecule has 1 fully saturated rings. The van der Waals surface area contributed by atoms with Crippen LogP contribution in [0.2, 0.25) is 0 Å². The van der Waals surface area contributed by atoms with Crippen molar-refractivity contribution >= 4 is 15.9 Å². The van der Waals surface area contributed by atoms with Crippen molar-refractivity contribution in [2.75, 3.05) is 13.7 Å². The number of sulfonamides is 1. The lowest BCUT2D eigenvalue weighted by Gasteiger charge is -2.29. The third-order valence-electron chi connectivity index (χ3n) is 5.86. The van der Waals surface area contributed by atoms with Crippen molar-refractivity contribution in [3.8, 4) is 5.75 Å². The van der Waals surface area contributed by atoms with Gasteiger partial charge in [0.1, 0.15) is 11.8 Å². The number of rotatable bonds is 5. The summed E-state index contributed by atoms with van der Waals surface area (Å²) in [6.07, 6.45) is 4.12. The van der Waals surface area contributed by atoms with Crippen molar-refractivity contribution in [2.45, 2.75) is 49.1 Å². The molecule has 29 heavy (non-hydrogen) atoms. The summed E-state index contributed by atoms with van der Waals surface area (Å²) in [6, 6.07) is 13.7. The molecular formula is C22H26N2O4S. The Morgan fingerprint density at radius 3 is 2.59 bits per heavy atom. The first kappa shape index (κ1) is 19.9. The molecule has 0 aromatic heterocycles. The molecule has 0 saturated carbocycles. The van der Waals surface area contributed by atoms with Gasteiger partial charge in [0.15, 0.2) is 0 Å². The van der Waals surface area contributed by atoms with Crippen molar-refractivity contribution in [3.05, 3.63) is 59.7 Å². The predicted octanol–water partition coefficient (Wildman–Crippen LogP) is 3.04. The van der Waals surface area contributed by atoms with Crippen LogP contribution in [0.1, 0.15) is 42.9 Å². The van der Waals surface area contributed by atoms with E-state index >= 15 is 0 Å². The summed E-state index contributed by atoms with van der Waals surface area (Å²) in [5, 5.41) is 3.12. The topological polar surface area (TPSA) is 75.7 Å². The molecule has 4 rings (SSSR count). The molecular weight excluding hydrogens is 388 g/mol. The number of nitrogens with zero attached hydrogens (tertiary/aromatic N) is 1. The van der Waals surface area contributed by atoms with Gasteiger partial charge in [-0.1, -0.05) is 24.3 Å². The van der Waals surface area contributed by atoms with Crippen molar-refractivity contribution < 1.29 is 17.9 Å². The fourth-order valence-electron chi connectivity index (χ4n) is 4.34. The molecule has 1 saturated heterocycles. The summed E-state index contributed by atoms with van der Waals surface area (Å²) in [7, 11) is -2.21. The van der Waals surface area contributed by atoms with Crippen LogP contribution in [0.5, 0.6) is 5.75 Å². The molecule has 1 heterocycles. The number of carbonyl (C=O) groups is 1. The van der Waals surface area contributed by atoms with Gasteiger partial charge in [0.05, 0.1) is 18.0 Å². The number of ether oxygens (including phenoxy) is 1. The summed E-state index contributed by atoms with van der Waals surface area (Å²) < 4.78 is 32.7. The molecule has 0 bridgehead atoms. The second kappa shape index (κ2) is 8.16. The monoisotopic (exact) mass is 414 g/mol. The maximum Gasteiger partial charge on any atom is 0.243 e. The standard InChI is InChI=1S/C22H26N2O4S/c1-28-17-11-13-18(14-12-17)29(26,27)24-15-5-10-21(24)22(25)23-20-9-4-7-16-6-2-3-8-19(16)20/h2-3,6,8,11-14,20-21H,4-5,7,9-10,15H2,1H3,(H,23,25)/t20-,21+/m0/s1. The number of carbonyl (C=O) groups excluding carboxylic acids is 1. The Morgan fingerprint density at radius 1 is 1.07 bits per heavy atom. The van der Waals surface area contributed by atoms with E-state index in [2.05, 4.69) is 17.4 Å². The summed E-state index contributed by atoms with van der Waals surface area (Å²) in [6.45, 7) is 0.355. The number of nitrogens with one attached hydrogen (secondary N) is 1. The van der Waals surface area contributed by atoms with Crippen LogP contribution in [0.4, 0.5) is 0 Å². The van der Waals surface area contributed by atoms with Gasteiger partial charge in [0, 0.05) is 6.54 Å². The lowest BCUT2D eigenvalue weighted by Crippen LogP contribution is -2.47. The van der Waals surface area contributed by atoms with E-state index < -0.39 is 16.1 Å². The van der Waals surface area contributed by atoms with Gasteiger partial charge in [-0.3, -0.25) is 4.79 Å². The molecule has 1 aliphatic carbocycles. The van der Waals surface area contributed by atoms with E-state index in [4.69, 9.17) is 4.74 Å². The molecule has 6 nitrogen and oxygen atoms in total. The van der Waals surface area contributed by atoms with E-state index in [1.54, 1.807) is 12.1 Å². The molecule has 2 aliphatic rings. The number of hydrogen-bond donors (Lipinski definition) is 1. The van der Waals surface area contributed by atoms with Gasteiger partial charge in [0.2, 0.25) is 15.9 Å². The van der Waals surface area contributed by atoms with Gasteiger partial charge in [-0.15, -0.1) is 0 Å². The van der Waals surface area contributed by atoms with Gasteiger partial charge < -0.3 is 10.1 Å². The fourth-order valence-corrected chi connectivity index (χ4v) is 6.00. The van der Waals surface area contributed by atoms with Gasteiger partial charge in [-0.2, -0.15) is 4.31 Å². The number of amides is 1. The summed E-state index contributed by atoms with van der Waals surface area (Å²) in [5.41, 5.74) is 2.41. The quantitative estimate of drug-likeness (QED) is 0.816. The highest BCUT2D eigenvalue weighted by molar-refractivity contribution is 7.89. The number of benzene rings is 2. The normalized spacial score (nSPS) is 22.1. The largest absolute Gasteiger partial charge is 0.497 e. The average molecular weight is 415 g/mol. The van der Waals surface area contributed by atoms with Crippen LogP contribution >= 0.6 is 0 Å². The zero-order chi connectivity index (χ0) is 20.4. The van der Waals surface area contributed by atoms with E-state index in [-0.39, 0.29) is 16.8 Å². The molecule has 0 spiro atoms. The Labute approximate surface area is 171 Å². The zero-order valence-electron chi connectivity index (χ0n) is 16.5. The molecule has 7 heteroatoms. The van der Waals surface area contributed by atoms with Crippen LogP contribution < -0.4 is 10.1 Å². The Hall–Kier alpha value is -2.38. The summed E-state index contributed by atoms with van der Waals surface area (Å²) in [5.74, 6) is 0.386. The SMILES string of the molecule is COc1ccc(S(=O)(=O)N2CCC[C@@H]2C(=O)N[C@H]2CCCc3ccccc32)cc1. The first-order valence-corrected chi connectivity index (χ1v) is 11.5. The average Bonchev–Trinajstić information content (AvgIpc) is 3.25. The van der Waals surface area contributed by atoms with E-state index in [0.717, 1.165) is 24.8 Å². The Bertz CT molecular complexity index is 988. The summed E-state index contributed by atoms with van der Waals surface area (Å²) >= 11 is 0. The van der Waals surface area contributed by atoms with Crippen LogP contribution in [0, 0.1) is 0 Å². The summed E-state index contributed by atoms with van der Waals surface area (Å²) in [4.78, 5) is 13.3. The van der Waals surface area contributed by atoms with E-state index in [1.165, 1.54) is 29.1 Å². The fraction of sp³-hybridized carbons (Fsp3) is 0.409. The molecule has 2 aromatic rings. The van der Waals surface area contributed by atoms with E-state index in [1.807, 2.05) is 12.1 Å². The van der Waals surface area contributed by atoms with Crippen LogP contribution in [0.3, 0.4) is 0 Å². The molecule has 1 aliphatic heterocycles. The molecule has 1 N–H and O–H groups in total. The van der Waals surface area contributed by atoms with Gasteiger partial charge in [0.25, 0.3) is 0 Å². The van der Waals surface area contributed by atoms with Crippen LogP contribution in [0.15, 0.2) is 53.4 Å². The van der Waals surface area contributed by atoms with Crippen LogP contribution in [0.25, 0.3) is 0 Å².